The largest absolute Gasteiger partial charge is 0.337 e. The Balaban J connectivity index is 1.50. The van der Waals surface area contributed by atoms with Gasteiger partial charge in [0.2, 0.25) is 0 Å². The van der Waals surface area contributed by atoms with Crippen LogP contribution in [-0.4, -0.2) is 46.4 Å². The van der Waals surface area contributed by atoms with E-state index in [4.69, 9.17) is 0 Å². The van der Waals surface area contributed by atoms with E-state index in [0.717, 1.165) is 50.4 Å². The Bertz CT molecular complexity index is 720. The van der Waals surface area contributed by atoms with E-state index in [0.29, 0.717) is 11.1 Å². The first kappa shape index (κ1) is 14.7. The van der Waals surface area contributed by atoms with E-state index in [-0.39, 0.29) is 5.91 Å². The highest BCUT2D eigenvalue weighted by molar-refractivity contribution is 5.93. The van der Waals surface area contributed by atoms with Crippen LogP contribution < -0.4 is 5.32 Å². The second kappa shape index (κ2) is 5.64. The van der Waals surface area contributed by atoms with Crippen molar-refractivity contribution in [3.63, 3.8) is 0 Å². The molecule has 122 valence electrons. The summed E-state index contributed by atoms with van der Waals surface area (Å²) in [5.74, 6) is 0.0804. The molecule has 2 aliphatic rings. The summed E-state index contributed by atoms with van der Waals surface area (Å²) in [5, 5.41) is 3.44. The van der Waals surface area contributed by atoms with Gasteiger partial charge in [0.25, 0.3) is 5.91 Å². The zero-order chi connectivity index (χ0) is 15.9. The van der Waals surface area contributed by atoms with Crippen LogP contribution in [0.4, 0.5) is 0 Å². The number of rotatable bonds is 1. The minimum absolute atomic E-state index is 0.0804. The van der Waals surface area contributed by atoms with Gasteiger partial charge in [0.15, 0.2) is 0 Å². The number of nitrogens with one attached hydrogen (secondary N) is 1. The van der Waals surface area contributed by atoms with E-state index in [9.17, 15) is 4.79 Å². The lowest BCUT2D eigenvalue weighted by atomic mass is 9.71. The molecule has 1 amide bonds. The molecule has 5 heteroatoms. The summed E-state index contributed by atoms with van der Waals surface area (Å²) in [4.78, 5) is 19.3. The fourth-order valence-corrected chi connectivity index (χ4v) is 4.05. The van der Waals surface area contributed by atoms with Crippen molar-refractivity contribution in [2.45, 2.75) is 32.6 Å². The number of aryl methyl sites for hydroxylation is 1. The molecule has 0 saturated carbocycles. The molecule has 0 bridgehead atoms. The second-order valence-corrected chi connectivity index (χ2v) is 7.06. The van der Waals surface area contributed by atoms with E-state index < -0.39 is 0 Å². The van der Waals surface area contributed by atoms with Gasteiger partial charge in [0.1, 0.15) is 11.3 Å². The quantitative estimate of drug-likeness (QED) is 0.878. The van der Waals surface area contributed by atoms with E-state index in [2.05, 4.69) is 10.3 Å². The molecular formula is C18H24N4O. The molecule has 23 heavy (non-hydrogen) atoms. The van der Waals surface area contributed by atoms with Crippen molar-refractivity contribution in [1.29, 1.82) is 0 Å². The van der Waals surface area contributed by atoms with Crippen molar-refractivity contribution < 1.29 is 4.79 Å². The van der Waals surface area contributed by atoms with Crippen LogP contribution in [0.15, 0.2) is 24.4 Å². The number of nitrogens with zero attached hydrogens (tertiary/aromatic N) is 3. The summed E-state index contributed by atoms with van der Waals surface area (Å²) in [7, 11) is 0. The van der Waals surface area contributed by atoms with Gasteiger partial charge in [-0.1, -0.05) is 6.07 Å². The maximum atomic E-state index is 12.8. The zero-order valence-corrected chi connectivity index (χ0v) is 13.7. The standard InChI is InChI=1S/C18H24N4O/c1-14-3-2-4-16-20-15(13-22(14)16)17(23)21-11-7-18(8-12-21)5-9-19-10-6-18/h2-4,13,19H,5-12H2,1H3. The topological polar surface area (TPSA) is 49.6 Å². The monoisotopic (exact) mass is 312 g/mol. The predicted molar refractivity (Wildman–Crippen MR) is 89.6 cm³/mol. The van der Waals surface area contributed by atoms with Gasteiger partial charge in [-0.25, -0.2) is 4.98 Å². The van der Waals surface area contributed by atoms with E-state index in [1.54, 1.807) is 0 Å². The summed E-state index contributed by atoms with van der Waals surface area (Å²) in [6.45, 7) is 6.02. The Morgan fingerprint density at radius 2 is 1.91 bits per heavy atom. The van der Waals surface area contributed by atoms with Crippen LogP contribution in [0.2, 0.25) is 0 Å². The fourth-order valence-electron chi connectivity index (χ4n) is 4.05. The number of fused-ring (bicyclic) bond motifs is 1. The maximum absolute atomic E-state index is 12.8. The first-order chi connectivity index (χ1) is 11.2. The average molecular weight is 312 g/mol. The third kappa shape index (κ3) is 2.63. The minimum Gasteiger partial charge on any atom is -0.337 e. The van der Waals surface area contributed by atoms with Crippen LogP contribution in [-0.2, 0) is 0 Å². The molecule has 4 rings (SSSR count). The van der Waals surface area contributed by atoms with Crippen molar-refractivity contribution in [2.75, 3.05) is 26.2 Å². The third-order valence-electron chi connectivity index (χ3n) is 5.69. The normalized spacial score (nSPS) is 21.0. The molecule has 1 spiro atoms. The number of likely N-dealkylation sites (tertiary alicyclic amines) is 1. The Morgan fingerprint density at radius 3 is 2.61 bits per heavy atom. The molecule has 0 aromatic carbocycles. The summed E-state index contributed by atoms with van der Waals surface area (Å²) < 4.78 is 1.99. The molecule has 2 fully saturated rings. The predicted octanol–water partition coefficient (Wildman–Crippen LogP) is 2.25. The SMILES string of the molecule is Cc1cccc2nc(C(=O)N3CCC4(CCNCC4)CC3)cn12. The van der Waals surface area contributed by atoms with E-state index in [1.807, 2.05) is 40.6 Å². The lowest BCUT2D eigenvalue weighted by Crippen LogP contribution is -2.47. The van der Waals surface area contributed by atoms with Crippen LogP contribution in [0.5, 0.6) is 0 Å². The zero-order valence-electron chi connectivity index (χ0n) is 13.7. The molecule has 2 saturated heterocycles. The molecule has 5 nitrogen and oxygen atoms in total. The molecule has 2 aromatic rings. The maximum Gasteiger partial charge on any atom is 0.274 e. The first-order valence-corrected chi connectivity index (χ1v) is 8.62. The Kier molecular flexibility index (Phi) is 3.60. The smallest absolute Gasteiger partial charge is 0.274 e. The number of imidazole rings is 1. The van der Waals surface area contributed by atoms with Crippen LogP contribution in [0, 0.1) is 12.3 Å². The number of carbonyl (C=O) groups is 1. The Hall–Kier alpha value is -1.88. The number of piperidine rings is 2. The van der Waals surface area contributed by atoms with Gasteiger partial charge in [-0.15, -0.1) is 0 Å². The lowest BCUT2D eigenvalue weighted by Gasteiger charge is -2.44. The molecular weight excluding hydrogens is 288 g/mol. The molecule has 2 aliphatic heterocycles. The van der Waals surface area contributed by atoms with Gasteiger partial charge in [-0.2, -0.15) is 0 Å². The van der Waals surface area contributed by atoms with Gasteiger partial charge in [0, 0.05) is 25.0 Å². The second-order valence-electron chi connectivity index (χ2n) is 7.06. The highest BCUT2D eigenvalue weighted by atomic mass is 16.2. The number of pyridine rings is 1. The highest BCUT2D eigenvalue weighted by Gasteiger charge is 2.37. The van der Waals surface area contributed by atoms with Gasteiger partial charge < -0.3 is 14.6 Å². The molecule has 2 aromatic heterocycles. The fraction of sp³-hybridized carbons (Fsp3) is 0.556. The van der Waals surface area contributed by atoms with Crippen LogP contribution in [0.1, 0.15) is 41.9 Å². The van der Waals surface area contributed by atoms with Crippen LogP contribution in [0.25, 0.3) is 5.65 Å². The third-order valence-corrected chi connectivity index (χ3v) is 5.69. The van der Waals surface area contributed by atoms with Crippen molar-refractivity contribution in [1.82, 2.24) is 19.6 Å². The highest BCUT2D eigenvalue weighted by Crippen LogP contribution is 2.39. The van der Waals surface area contributed by atoms with Gasteiger partial charge in [0.05, 0.1) is 0 Å². The molecule has 0 unspecified atom stereocenters. The van der Waals surface area contributed by atoms with E-state index in [1.165, 1.54) is 12.8 Å². The van der Waals surface area contributed by atoms with Crippen LogP contribution in [0.3, 0.4) is 0 Å². The summed E-state index contributed by atoms with van der Waals surface area (Å²) in [6, 6.07) is 5.96. The van der Waals surface area contributed by atoms with Gasteiger partial charge in [-0.3, -0.25) is 4.79 Å². The van der Waals surface area contributed by atoms with Gasteiger partial charge >= 0.3 is 0 Å². The molecule has 0 atom stereocenters. The molecule has 1 N–H and O–H groups in total. The number of hydrogen-bond donors (Lipinski definition) is 1. The van der Waals surface area contributed by atoms with Crippen LogP contribution >= 0.6 is 0 Å². The van der Waals surface area contributed by atoms with Crippen molar-refractivity contribution >= 4 is 11.6 Å². The summed E-state index contributed by atoms with van der Waals surface area (Å²) in [5.41, 5.74) is 2.99. The van der Waals surface area contributed by atoms with Crippen molar-refractivity contribution in [3.8, 4) is 0 Å². The Morgan fingerprint density at radius 1 is 1.17 bits per heavy atom. The number of carbonyl (C=O) groups excluding carboxylic acids is 1. The number of hydrogen-bond acceptors (Lipinski definition) is 3. The lowest BCUT2D eigenvalue weighted by molar-refractivity contribution is 0.0491. The average Bonchev–Trinajstić information content (AvgIpc) is 3.01. The summed E-state index contributed by atoms with van der Waals surface area (Å²) >= 11 is 0. The minimum atomic E-state index is 0.0804. The molecule has 0 aliphatic carbocycles. The van der Waals surface area contributed by atoms with Crippen molar-refractivity contribution in [3.05, 3.63) is 35.8 Å². The number of amides is 1. The van der Waals surface area contributed by atoms with E-state index >= 15 is 0 Å². The molecule has 0 radical (unpaired) electrons. The summed E-state index contributed by atoms with van der Waals surface area (Å²) in [6.07, 6.45) is 6.65. The first-order valence-electron chi connectivity index (χ1n) is 8.62. The van der Waals surface area contributed by atoms with Gasteiger partial charge in [-0.05, 0) is 63.2 Å². The van der Waals surface area contributed by atoms with Crippen molar-refractivity contribution in [2.24, 2.45) is 5.41 Å². The Labute approximate surface area is 136 Å². The number of aromatic nitrogens is 2. The molecule has 4 heterocycles.